The lowest BCUT2D eigenvalue weighted by Crippen LogP contribution is -2.23. The summed E-state index contributed by atoms with van der Waals surface area (Å²) in [4.78, 5) is 12.6. The van der Waals surface area contributed by atoms with Gasteiger partial charge in [-0.1, -0.05) is 33.3 Å². The van der Waals surface area contributed by atoms with E-state index in [9.17, 15) is 4.79 Å². The van der Waals surface area contributed by atoms with Gasteiger partial charge in [-0.05, 0) is 28.0 Å². The van der Waals surface area contributed by atoms with Crippen molar-refractivity contribution >= 4 is 33.9 Å². The van der Waals surface area contributed by atoms with Gasteiger partial charge in [-0.15, -0.1) is 5.10 Å². The molecule has 3 N–H and O–H groups in total. The molecule has 1 aromatic carbocycles. The van der Waals surface area contributed by atoms with Gasteiger partial charge in [-0.25, -0.2) is 10.1 Å². The van der Waals surface area contributed by atoms with Crippen LogP contribution >= 0.6 is 15.9 Å². The highest BCUT2D eigenvalue weighted by Crippen LogP contribution is 2.16. The Morgan fingerprint density at radius 2 is 2.35 bits per heavy atom. The van der Waals surface area contributed by atoms with Crippen molar-refractivity contribution in [3.8, 4) is 5.82 Å². The Balaban J connectivity index is 1.86. The molecule has 0 aliphatic rings. The number of methoxy groups -OCH3 is 1. The van der Waals surface area contributed by atoms with Crippen LogP contribution in [0.25, 0.3) is 5.82 Å². The van der Waals surface area contributed by atoms with Crippen LogP contribution in [-0.2, 0) is 11.3 Å². The second-order valence-corrected chi connectivity index (χ2v) is 5.87. The molecular weight excluding hydrogens is 408 g/mol. The monoisotopic (exact) mass is 420 g/mol. The van der Waals surface area contributed by atoms with Crippen LogP contribution in [0.2, 0.25) is 0 Å². The normalized spacial score (nSPS) is 11.2. The number of nitrogens with two attached hydrogens (primary N) is 1. The van der Waals surface area contributed by atoms with Gasteiger partial charge >= 0.3 is 0 Å². The first kappa shape index (κ1) is 17.7. The maximum Gasteiger partial charge on any atom is 0.292 e. The van der Waals surface area contributed by atoms with Crippen molar-refractivity contribution in [1.82, 2.24) is 30.7 Å². The number of rotatable bonds is 6. The topological polar surface area (TPSA) is 146 Å². The summed E-state index contributed by atoms with van der Waals surface area (Å²) in [5.74, 6) is -0.567. The molecule has 0 aliphatic heterocycles. The molecule has 0 saturated heterocycles. The van der Waals surface area contributed by atoms with E-state index in [4.69, 9.17) is 10.5 Å². The fourth-order valence-corrected chi connectivity index (χ4v) is 2.48. The van der Waals surface area contributed by atoms with Crippen LogP contribution in [-0.4, -0.2) is 44.5 Å². The van der Waals surface area contributed by atoms with E-state index in [2.05, 4.69) is 51.7 Å². The molecule has 3 aromatic rings. The van der Waals surface area contributed by atoms with E-state index < -0.39 is 5.91 Å². The van der Waals surface area contributed by atoms with Gasteiger partial charge in [0.25, 0.3) is 5.91 Å². The maximum absolute atomic E-state index is 12.6. The van der Waals surface area contributed by atoms with Gasteiger partial charge in [0.1, 0.15) is 5.69 Å². The third-order valence-electron chi connectivity index (χ3n) is 3.16. The van der Waals surface area contributed by atoms with Gasteiger partial charge in [-0.3, -0.25) is 4.79 Å². The average molecular weight is 421 g/mol. The van der Waals surface area contributed by atoms with Gasteiger partial charge in [0.15, 0.2) is 5.69 Å². The molecule has 12 heteroatoms. The molecule has 2 aromatic heterocycles. The number of nitrogens with zero attached hydrogens (tertiary/aromatic N) is 6. The molecular formula is C14H13BrN8O3. The van der Waals surface area contributed by atoms with E-state index >= 15 is 0 Å². The van der Waals surface area contributed by atoms with Gasteiger partial charge in [0.05, 0.1) is 12.8 Å². The number of carbonyl (C=O) groups excluding carboxylic acids is 1. The lowest BCUT2D eigenvalue weighted by molar-refractivity contribution is 0.0942. The fraction of sp³-hybridized carbons (Fsp3) is 0.143. The van der Waals surface area contributed by atoms with Crippen molar-refractivity contribution in [3.05, 3.63) is 45.7 Å². The zero-order chi connectivity index (χ0) is 18.5. The molecule has 2 heterocycles. The summed E-state index contributed by atoms with van der Waals surface area (Å²) in [5.41, 5.74) is 9.21. The Kier molecular flexibility index (Phi) is 5.34. The Hall–Kier alpha value is -3.12. The van der Waals surface area contributed by atoms with Crippen molar-refractivity contribution < 1.29 is 14.2 Å². The number of ether oxygens (including phenoxy) is 1. The molecule has 0 aliphatic carbocycles. The Morgan fingerprint density at radius 3 is 3.04 bits per heavy atom. The molecule has 1 amide bonds. The summed E-state index contributed by atoms with van der Waals surface area (Å²) in [6.07, 6.45) is 1.50. The number of hydrazone groups is 1. The zero-order valence-corrected chi connectivity index (χ0v) is 15.0. The van der Waals surface area contributed by atoms with E-state index in [-0.39, 0.29) is 29.6 Å². The van der Waals surface area contributed by atoms with Crippen molar-refractivity contribution in [1.29, 1.82) is 0 Å². The molecule has 3 rings (SSSR count). The summed E-state index contributed by atoms with van der Waals surface area (Å²) in [5, 5.41) is 18.8. The number of aromatic nitrogens is 5. The van der Waals surface area contributed by atoms with Crippen LogP contribution in [0.1, 0.15) is 21.7 Å². The van der Waals surface area contributed by atoms with Crippen molar-refractivity contribution in [3.63, 3.8) is 0 Å². The molecule has 134 valence electrons. The summed E-state index contributed by atoms with van der Waals surface area (Å²) < 4.78 is 11.6. The highest BCUT2D eigenvalue weighted by atomic mass is 79.9. The minimum absolute atomic E-state index is 0.0365. The second kappa shape index (κ2) is 7.84. The summed E-state index contributed by atoms with van der Waals surface area (Å²) in [6, 6.07) is 7.42. The summed E-state index contributed by atoms with van der Waals surface area (Å²) in [7, 11) is 1.47. The third-order valence-corrected chi connectivity index (χ3v) is 3.65. The van der Waals surface area contributed by atoms with Crippen molar-refractivity contribution in [2.45, 2.75) is 6.61 Å². The van der Waals surface area contributed by atoms with E-state index in [1.165, 1.54) is 13.3 Å². The number of halogens is 1. The summed E-state index contributed by atoms with van der Waals surface area (Å²) >= 11 is 3.36. The second-order valence-electron chi connectivity index (χ2n) is 4.96. The smallest absolute Gasteiger partial charge is 0.292 e. The van der Waals surface area contributed by atoms with Gasteiger partial charge < -0.3 is 10.5 Å². The predicted octanol–water partition coefficient (Wildman–Crippen LogP) is 0.905. The van der Waals surface area contributed by atoms with E-state index in [0.717, 1.165) is 14.7 Å². The average Bonchev–Trinajstić information content (AvgIpc) is 3.21. The molecule has 0 spiro atoms. The zero-order valence-electron chi connectivity index (χ0n) is 13.5. The first-order chi connectivity index (χ1) is 12.6. The number of nitrogens with one attached hydrogen (secondary N) is 1. The minimum Gasteiger partial charge on any atom is -0.378 e. The van der Waals surface area contributed by atoms with Crippen LogP contribution in [0.15, 0.2) is 38.5 Å². The molecule has 0 bridgehead atoms. The standard InChI is InChI=1S/C14H13BrN8O3/c1-25-7-10-11(23(22-18-10)13-12(16)20-26-21-13)14(24)19-17-6-8-3-2-4-9(15)5-8/h2-6H,7H2,1H3,(H2,16,20)(H,19,24)/b17-6-. The number of hydrogen-bond acceptors (Lipinski definition) is 9. The number of nitrogen functional groups attached to an aromatic ring is 1. The highest BCUT2D eigenvalue weighted by Gasteiger charge is 2.24. The predicted molar refractivity (Wildman–Crippen MR) is 93.5 cm³/mol. The molecule has 0 atom stereocenters. The number of benzene rings is 1. The molecule has 0 saturated carbocycles. The Morgan fingerprint density at radius 1 is 1.50 bits per heavy atom. The van der Waals surface area contributed by atoms with E-state index in [0.29, 0.717) is 0 Å². The van der Waals surface area contributed by atoms with Crippen LogP contribution < -0.4 is 11.2 Å². The largest absolute Gasteiger partial charge is 0.378 e. The highest BCUT2D eigenvalue weighted by molar-refractivity contribution is 9.10. The Labute approximate surface area is 155 Å². The first-order valence-corrected chi connectivity index (χ1v) is 8.00. The fourth-order valence-electron chi connectivity index (χ4n) is 2.07. The van der Waals surface area contributed by atoms with Crippen LogP contribution in [0.5, 0.6) is 0 Å². The van der Waals surface area contributed by atoms with E-state index in [1.807, 2.05) is 24.3 Å². The number of carbonyl (C=O) groups is 1. The van der Waals surface area contributed by atoms with Gasteiger partial charge in [0, 0.05) is 11.6 Å². The van der Waals surface area contributed by atoms with Crippen molar-refractivity contribution in [2.75, 3.05) is 12.8 Å². The molecule has 26 heavy (non-hydrogen) atoms. The van der Waals surface area contributed by atoms with Gasteiger partial charge in [0.2, 0.25) is 11.6 Å². The number of amides is 1. The van der Waals surface area contributed by atoms with Crippen molar-refractivity contribution in [2.24, 2.45) is 5.10 Å². The molecule has 0 fully saturated rings. The Bertz CT molecular complexity index is 951. The van der Waals surface area contributed by atoms with Gasteiger partial charge in [-0.2, -0.15) is 9.78 Å². The SMILES string of the molecule is COCc1nnn(-c2nonc2N)c1C(=O)N/N=C\c1cccc(Br)c1. The molecule has 0 unspecified atom stereocenters. The lowest BCUT2D eigenvalue weighted by Gasteiger charge is -2.04. The quantitative estimate of drug-likeness (QED) is 0.441. The van der Waals surface area contributed by atoms with Crippen LogP contribution in [0, 0.1) is 0 Å². The summed E-state index contributed by atoms with van der Waals surface area (Å²) in [6.45, 7) is 0.0588. The lowest BCUT2D eigenvalue weighted by atomic mass is 10.2. The third kappa shape index (κ3) is 3.75. The molecule has 11 nitrogen and oxygen atoms in total. The molecule has 0 radical (unpaired) electrons. The number of hydrogen-bond donors (Lipinski definition) is 2. The minimum atomic E-state index is -0.573. The maximum atomic E-state index is 12.6. The van der Waals surface area contributed by atoms with Crippen LogP contribution in [0.4, 0.5) is 5.82 Å². The van der Waals surface area contributed by atoms with Crippen LogP contribution in [0.3, 0.4) is 0 Å². The number of anilines is 1. The first-order valence-electron chi connectivity index (χ1n) is 7.21. The van der Waals surface area contributed by atoms with E-state index in [1.54, 1.807) is 0 Å².